The van der Waals surface area contributed by atoms with Gasteiger partial charge in [0.1, 0.15) is 0 Å². The van der Waals surface area contributed by atoms with E-state index in [1.807, 2.05) is 12.1 Å². The number of amides is 1. The summed E-state index contributed by atoms with van der Waals surface area (Å²) in [4.78, 5) is 16.9. The van der Waals surface area contributed by atoms with Crippen LogP contribution in [0, 0.1) is 0 Å². The molecule has 24 heavy (non-hydrogen) atoms. The summed E-state index contributed by atoms with van der Waals surface area (Å²) in [6.07, 6.45) is 6.15. The third-order valence-electron chi connectivity index (χ3n) is 4.26. The summed E-state index contributed by atoms with van der Waals surface area (Å²) in [5.74, 6) is -0.120. The molecule has 0 fully saturated rings. The number of carbonyl (C=O) groups excluding carboxylic acids is 1. The summed E-state index contributed by atoms with van der Waals surface area (Å²) in [6, 6.07) is 8.37. The van der Waals surface area contributed by atoms with Crippen molar-refractivity contribution >= 4 is 17.3 Å². The Morgan fingerprint density at radius 2 is 1.79 bits per heavy atom. The molecule has 0 saturated carbocycles. The van der Waals surface area contributed by atoms with Crippen molar-refractivity contribution in [2.45, 2.75) is 53.0 Å². The average Bonchev–Trinajstić information content (AvgIpc) is 2.61. The van der Waals surface area contributed by atoms with Crippen LogP contribution in [0.3, 0.4) is 0 Å². The molecule has 1 aromatic heterocycles. The highest BCUT2D eigenvalue weighted by Gasteiger charge is 2.13. The molecule has 128 valence electrons. The number of anilines is 2. The summed E-state index contributed by atoms with van der Waals surface area (Å²) in [5, 5.41) is 6.44. The molecule has 2 rings (SSSR count). The molecule has 4 nitrogen and oxygen atoms in total. The van der Waals surface area contributed by atoms with E-state index >= 15 is 0 Å². The fourth-order valence-corrected chi connectivity index (χ4v) is 2.62. The molecule has 1 heterocycles. The number of rotatable bonds is 7. The number of nitrogens with zero attached hydrogens (tertiary/aromatic N) is 1. The highest BCUT2D eigenvalue weighted by atomic mass is 16.1. The van der Waals surface area contributed by atoms with Crippen molar-refractivity contribution in [3.05, 3.63) is 53.3 Å². The topological polar surface area (TPSA) is 54.0 Å². The van der Waals surface area contributed by atoms with Gasteiger partial charge in [-0.15, -0.1) is 0 Å². The Labute approximate surface area is 144 Å². The second-order valence-corrected chi connectivity index (χ2v) is 6.03. The number of nitrogens with one attached hydrogen (secondary N) is 2. The first-order chi connectivity index (χ1) is 11.6. The molecule has 0 spiro atoms. The molecule has 0 bridgehead atoms. The Balaban J connectivity index is 2.23. The largest absolute Gasteiger partial charge is 0.381 e. The molecule has 1 unspecified atom stereocenters. The van der Waals surface area contributed by atoms with Gasteiger partial charge in [-0.05, 0) is 43.4 Å². The molecule has 1 amide bonds. The van der Waals surface area contributed by atoms with Crippen LogP contribution in [0.1, 0.15) is 55.6 Å². The van der Waals surface area contributed by atoms with Gasteiger partial charge in [-0.2, -0.15) is 0 Å². The number of para-hydroxylation sites is 1. The maximum atomic E-state index is 12.7. The van der Waals surface area contributed by atoms with Crippen molar-refractivity contribution in [1.29, 1.82) is 0 Å². The van der Waals surface area contributed by atoms with Crippen LogP contribution in [0.15, 0.2) is 36.7 Å². The number of pyridine rings is 1. The van der Waals surface area contributed by atoms with E-state index in [2.05, 4.69) is 55.4 Å². The zero-order valence-electron chi connectivity index (χ0n) is 15.0. The van der Waals surface area contributed by atoms with Crippen molar-refractivity contribution < 1.29 is 4.79 Å². The van der Waals surface area contributed by atoms with E-state index in [9.17, 15) is 4.79 Å². The van der Waals surface area contributed by atoms with Gasteiger partial charge in [-0.3, -0.25) is 9.78 Å². The first kappa shape index (κ1) is 18.0. The van der Waals surface area contributed by atoms with E-state index in [1.165, 1.54) is 0 Å². The van der Waals surface area contributed by atoms with Crippen molar-refractivity contribution in [1.82, 2.24) is 4.98 Å². The molecule has 1 aromatic carbocycles. The number of hydrogen-bond acceptors (Lipinski definition) is 3. The Morgan fingerprint density at radius 3 is 2.38 bits per heavy atom. The van der Waals surface area contributed by atoms with Crippen LogP contribution in [-0.2, 0) is 12.8 Å². The van der Waals surface area contributed by atoms with Crippen LogP contribution < -0.4 is 10.6 Å². The Bertz CT molecular complexity index is 675. The SMILES string of the molecule is CCc1cccc(CC)c1NC(=O)c1cncc(NC(C)CC)c1. The molecule has 4 heteroatoms. The molecule has 0 aliphatic rings. The van der Waals surface area contributed by atoms with Gasteiger partial charge in [0.05, 0.1) is 11.3 Å². The standard InChI is InChI=1S/C20H27N3O/c1-5-14(4)22-18-11-17(12-21-13-18)20(24)23-19-15(6-2)9-8-10-16(19)7-3/h8-14,22H,5-7H2,1-4H3,(H,23,24). The van der Waals surface area contributed by atoms with Gasteiger partial charge >= 0.3 is 0 Å². The molecule has 1 atom stereocenters. The smallest absolute Gasteiger partial charge is 0.257 e. The second kappa shape index (κ2) is 8.48. The zero-order valence-corrected chi connectivity index (χ0v) is 15.0. The van der Waals surface area contributed by atoms with Crippen LogP contribution in [0.5, 0.6) is 0 Å². The predicted molar refractivity (Wildman–Crippen MR) is 101 cm³/mol. The third-order valence-corrected chi connectivity index (χ3v) is 4.26. The minimum Gasteiger partial charge on any atom is -0.381 e. The maximum absolute atomic E-state index is 12.7. The fourth-order valence-electron chi connectivity index (χ4n) is 2.62. The van der Waals surface area contributed by atoms with Gasteiger partial charge < -0.3 is 10.6 Å². The van der Waals surface area contributed by atoms with E-state index in [1.54, 1.807) is 12.4 Å². The first-order valence-corrected chi connectivity index (χ1v) is 8.72. The molecule has 2 aromatic rings. The Hall–Kier alpha value is -2.36. The van der Waals surface area contributed by atoms with Gasteiger partial charge in [0, 0.05) is 24.1 Å². The number of aryl methyl sites for hydroxylation is 2. The van der Waals surface area contributed by atoms with Crippen LogP contribution in [0.2, 0.25) is 0 Å². The van der Waals surface area contributed by atoms with Gasteiger partial charge in [0.25, 0.3) is 5.91 Å². The van der Waals surface area contributed by atoms with E-state index in [-0.39, 0.29) is 5.91 Å². The van der Waals surface area contributed by atoms with E-state index < -0.39 is 0 Å². The number of benzene rings is 1. The minimum atomic E-state index is -0.120. The Morgan fingerprint density at radius 1 is 1.12 bits per heavy atom. The average molecular weight is 325 g/mol. The molecule has 0 aliphatic heterocycles. The van der Waals surface area contributed by atoms with Crippen LogP contribution >= 0.6 is 0 Å². The maximum Gasteiger partial charge on any atom is 0.257 e. The second-order valence-electron chi connectivity index (χ2n) is 6.03. The summed E-state index contributed by atoms with van der Waals surface area (Å²) in [6.45, 7) is 8.43. The van der Waals surface area contributed by atoms with E-state index in [0.717, 1.165) is 41.8 Å². The van der Waals surface area contributed by atoms with Crippen molar-refractivity contribution in [2.75, 3.05) is 10.6 Å². The fraction of sp³-hybridized carbons (Fsp3) is 0.400. The van der Waals surface area contributed by atoms with Crippen LogP contribution in [-0.4, -0.2) is 16.9 Å². The predicted octanol–water partition coefficient (Wildman–Crippen LogP) is 4.67. The lowest BCUT2D eigenvalue weighted by Crippen LogP contribution is -2.17. The summed E-state index contributed by atoms with van der Waals surface area (Å²) >= 11 is 0. The highest BCUT2D eigenvalue weighted by molar-refractivity contribution is 6.05. The van der Waals surface area contributed by atoms with Crippen LogP contribution in [0.25, 0.3) is 0 Å². The van der Waals surface area contributed by atoms with E-state index in [0.29, 0.717) is 11.6 Å². The number of aromatic nitrogens is 1. The molecular formula is C20H27N3O. The van der Waals surface area contributed by atoms with Crippen molar-refractivity contribution in [3.63, 3.8) is 0 Å². The molecule has 0 saturated heterocycles. The lowest BCUT2D eigenvalue weighted by Gasteiger charge is -2.16. The summed E-state index contributed by atoms with van der Waals surface area (Å²) in [5.41, 5.74) is 4.69. The zero-order chi connectivity index (χ0) is 17.5. The summed E-state index contributed by atoms with van der Waals surface area (Å²) < 4.78 is 0. The normalized spacial score (nSPS) is 11.8. The molecular weight excluding hydrogens is 298 g/mol. The highest BCUT2D eigenvalue weighted by Crippen LogP contribution is 2.23. The van der Waals surface area contributed by atoms with Gasteiger partial charge in [0.15, 0.2) is 0 Å². The third kappa shape index (κ3) is 4.34. The first-order valence-electron chi connectivity index (χ1n) is 8.72. The van der Waals surface area contributed by atoms with Crippen molar-refractivity contribution in [3.8, 4) is 0 Å². The van der Waals surface area contributed by atoms with Crippen LogP contribution in [0.4, 0.5) is 11.4 Å². The number of carbonyl (C=O) groups is 1. The molecule has 0 aliphatic carbocycles. The van der Waals surface area contributed by atoms with Gasteiger partial charge in [-0.1, -0.05) is 39.0 Å². The molecule has 2 N–H and O–H groups in total. The van der Waals surface area contributed by atoms with Gasteiger partial charge in [0.2, 0.25) is 0 Å². The lowest BCUT2D eigenvalue weighted by molar-refractivity contribution is 0.102. The number of hydrogen-bond donors (Lipinski definition) is 2. The van der Waals surface area contributed by atoms with Gasteiger partial charge in [-0.25, -0.2) is 0 Å². The molecule has 0 radical (unpaired) electrons. The summed E-state index contributed by atoms with van der Waals surface area (Å²) in [7, 11) is 0. The van der Waals surface area contributed by atoms with Crippen molar-refractivity contribution in [2.24, 2.45) is 0 Å². The Kier molecular flexibility index (Phi) is 6.36. The minimum absolute atomic E-state index is 0.120. The lowest BCUT2D eigenvalue weighted by atomic mass is 10.0. The quantitative estimate of drug-likeness (QED) is 0.778. The van der Waals surface area contributed by atoms with E-state index in [4.69, 9.17) is 0 Å². The monoisotopic (exact) mass is 325 g/mol.